The van der Waals surface area contributed by atoms with E-state index in [1.807, 2.05) is 0 Å². The summed E-state index contributed by atoms with van der Waals surface area (Å²) in [6, 6.07) is 66.7. The van der Waals surface area contributed by atoms with E-state index in [0.717, 1.165) is 23.6 Å². The largest absolute Gasteiger partial charge is 0.381 e. The van der Waals surface area contributed by atoms with Crippen molar-refractivity contribution < 1.29 is 0 Å². The molecule has 1 N–H and O–H groups in total. The van der Waals surface area contributed by atoms with Gasteiger partial charge in [-0.1, -0.05) is 140 Å². The van der Waals surface area contributed by atoms with E-state index in [9.17, 15) is 0 Å². The van der Waals surface area contributed by atoms with Crippen LogP contribution in [0.5, 0.6) is 0 Å². The number of anilines is 4. The molecule has 254 valence electrons. The first-order chi connectivity index (χ1) is 26.8. The third-order valence-corrected chi connectivity index (χ3v) is 11.1. The maximum Gasteiger partial charge on any atom is 0.0641 e. The van der Waals surface area contributed by atoms with Gasteiger partial charge < -0.3 is 14.8 Å². The number of hydrogen-bond acceptors (Lipinski definition) is 2. The quantitative estimate of drug-likeness (QED) is 0.198. The fourth-order valence-electron chi connectivity index (χ4n) is 8.68. The number of nitrogens with one attached hydrogen (secondary N) is 1. The summed E-state index contributed by atoms with van der Waals surface area (Å²) in [7, 11) is 0. The molecule has 11 rings (SSSR count). The maximum atomic E-state index is 3.47. The van der Waals surface area contributed by atoms with Gasteiger partial charge in [0.05, 0.1) is 28.3 Å². The van der Waals surface area contributed by atoms with Gasteiger partial charge in [-0.3, -0.25) is 0 Å². The Morgan fingerprint density at radius 2 is 1.09 bits per heavy atom. The van der Waals surface area contributed by atoms with Gasteiger partial charge in [-0.2, -0.15) is 0 Å². The zero-order chi connectivity index (χ0) is 35.6. The van der Waals surface area contributed by atoms with Crippen LogP contribution >= 0.6 is 0 Å². The molecule has 0 radical (unpaired) electrons. The highest BCUT2D eigenvalue weighted by Gasteiger charge is 2.31. The summed E-state index contributed by atoms with van der Waals surface area (Å²) in [6.45, 7) is 0.874. The lowest BCUT2D eigenvalue weighted by Gasteiger charge is -2.28. The fraction of sp³-hybridized carbons (Fsp3) is 0.0196. The predicted octanol–water partition coefficient (Wildman–Crippen LogP) is 13.7. The van der Waals surface area contributed by atoms with E-state index in [4.69, 9.17) is 0 Å². The molecular weight excluding hydrogens is 655 g/mol. The van der Waals surface area contributed by atoms with E-state index in [1.165, 1.54) is 83.3 Å². The van der Waals surface area contributed by atoms with Crippen molar-refractivity contribution in [3.8, 4) is 50.3 Å². The number of fused-ring (bicyclic) bond motifs is 9. The lowest BCUT2D eigenvalue weighted by molar-refractivity contribution is 1.15. The van der Waals surface area contributed by atoms with Gasteiger partial charge in [-0.25, -0.2) is 0 Å². The zero-order valence-electron chi connectivity index (χ0n) is 29.6. The number of nitrogens with zero attached hydrogens (tertiary/aromatic N) is 2. The highest BCUT2D eigenvalue weighted by molar-refractivity contribution is 6.13. The first-order valence-corrected chi connectivity index (χ1v) is 18.7. The van der Waals surface area contributed by atoms with Crippen molar-refractivity contribution in [1.29, 1.82) is 0 Å². The van der Waals surface area contributed by atoms with Crippen LogP contribution in [0.3, 0.4) is 0 Å². The van der Waals surface area contributed by atoms with Gasteiger partial charge >= 0.3 is 0 Å². The van der Waals surface area contributed by atoms with Crippen LogP contribution in [0.25, 0.3) is 78.1 Å². The van der Waals surface area contributed by atoms with Crippen molar-refractivity contribution in [2.24, 2.45) is 0 Å². The van der Waals surface area contributed by atoms with Gasteiger partial charge in [0.15, 0.2) is 0 Å². The summed E-state index contributed by atoms with van der Waals surface area (Å²) >= 11 is 0. The number of rotatable bonds is 4. The standard InChI is InChI=1S/C51H35N3/c1-2-20-41-34(13-1)14-11-27-46(41)54-48-25-7-4-22-43(48)50-42-21-3-6-24-47(42)53(49-26-8-5-23-44(49)51(50)54)40-19-10-17-37(33-40)35-15-9-16-36(31-35)38-28-29-45-39(32-38)18-12-30-52-45/h1-29,31-33,52H,30H2. The van der Waals surface area contributed by atoms with Crippen molar-refractivity contribution in [3.05, 3.63) is 194 Å². The molecule has 3 heterocycles. The number of aromatic nitrogens is 1. The number of para-hydroxylation sites is 3. The topological polar surface area (TPSA) is 20.2 Å². The number of hydrogen-bond donors (Lipinski definition) is 1. The summed E-state index contributed by atoms with van der Waals surface area (Å²) < 4.78 is 2.50. The lowest BCUT2D eigenvalue weighted by atomic mass is 9.96. The molecule has 0 atom stereocenters. The zero-order valence-corrected chi connectivity index (χ0v) is 29.6. The van der Waals surface area contributed by atoms with Crippen molar-refractivity contribution in [3.63, 3.8) is 0 Å². The van der Waals surface area contributed by atoms with Gasteiger partial charge in [0, 0.05) is 45.4 Å². The minimum absolute atomic E-state index is 0.874. The van der Waals surface area contributed by atoms with E-state index in [-0.39, 0.29) is 0 Å². The highest BCUT2D eigenvalue weighted by atomic mass is 15.2. The minimum atomic E-state index is 0.874. The molecule has 54 heavy (non-hydrogen) atoms. The fourth-order valence-corrected chi connectivity index (χ4v) is 8.68. The van der Waals surface area contributed by atoms with Gasteiger partial charge in [0.2, 0.25) is 0 Å². The van der Waals surface area contributed by atoms with Crippen molar-refractivity contribution >= 4 is 50.5 Å². The molecule has 0 amide bonds. The molecule has 3 heteroatoms. The molecule has 0 saturated carbocycles. The van der Waals surface area contributed by atoms with E-state index in [0.29, 0.717) is 0 Å². The van der Waals surface area contributed by atoms with E-state index >= 15 is 0 Å². The van der Waals surface area contributed by atoms with Crippen LogP contribution in [0.1, 0.15) is 5.56 Å². The third-order valence-electron chi connectivity index (χ3n) is 11.1. The Hall–Kier alpha value is -7.10. The monoisotopic (exact) mass is 689 g/mol. The van der Waals surface area contributed by atoms with Crippen LogP contribution in [0.15, 0.2) is 188 Å². The normalized spacial score (nSPS) is 12.8. The van der Waals surface area contributed by atoms with Crippen molar-refractivity contribution in [2.75, 3.05) is 16.8 Å². The van der Waals surface area contributed by atoms with Gasteiger partial charge in [-0.15, -0.1) is 0 Å². The van der Waals surface area contributed by atoms with Crippen LogP contribution in [-0.2, 0) is 0 Å². The minimum Gasteiger partial charge on any atom is -0.381 e. The summed E-state index contributed by atoms with van der Waals surface area (Å²) in [5, 5.41) is 7.17. The molecule has 2 aliphatic heterocycles. The second kappa shape index (κ2) is 12.3. The van der Waals surface area contributed by atoms with Gasteiger partial charge in [0.1, 0.15) is 0 Å². The highest BCUT2D eigenvalue weighted by Crippen LogP contribution is 2.54. The average molecular weight is 690 g/mol. The lowest BCUT2D eigenvalue weighted by Crippen LogP contribution is -2.11. The van der Waals surface area contributed by atoms with Gasteiger partial charge in [-0.05, 0) is 87.8 Å². The summed E-state index contributed by atoms with van der Waals surface area (Å²) in [4.78, 5) is 2.46. The molecule has 0 unspecified atom stereocenters. The molecule has 9 aromatic rings. The first-order valence-electron chi connectivity index (χ1n) is 18.7. The molecule has 0 aliphatic carbocycles. The molecular formula is C51H35N3. The molecule has 2 aliphatic rings. The number of benzene rings is 8. The molecule has 0 spiro atoms. The Kier molecular flexibility index (Phi) is 6.93. The average Bonchev–Trinajstić information content (AvgIpc) is 3.52. The Morgan fingerprint density at radius 3 is 1.96 bits per heavy atom. The van der Waals surface area contributed by atoms with E-state index < -0.39 is 0 Å². The van der Waals surface area contributed by atoms with Crippen LogP contribution in [-0.4, -0.2) is 11.1 Å². The van der Waals surface area contributed by atoms with E-state index in [1.54, 1.807) is 0 Å². The summed E-state index contributed by atoms with van der Waals surface area (Å²) in [6.07, 6.45) is 4.39. The van der Waals surface area contributed by atoms with E-state index in [2.05, 4.69) is 209 Å². The second-order valence-electron chi connectivity index (χ2n) is 14.2. The predicted molar refractivity (Wildman–Crippen MR) is 228 cm³/mol. The van der Waals surface area contributed by atoms with Crippen LogP contribution in [0, 0.1) is 0 Å². The molecule has 3 nitrogen and oxygen atoms in total. The first kappa shape index (κ1) is 30.5. The van der Waals surface area contributed by atoms with Crippen LogP contribution < -0.4 is 10.2 Å². The van der Waals surface area contributed by atoms with Gasteiger partial charge in [0.25, 0.3) is 0 Å². The Labute approximate surface area is 314 Å². The van der Waals surface area contributed by atoms with Crippen LogP contribution in [0.2, 0.25) is 0 Å². The van der Waals surface area contributed by atoms with Crippen molar-refractivity contribution in [2.45, 2.75) is 0 Å². The van der Waals surface area contributed by atoms with Crippen LogP contribution in [0.4, 0.5) is 22.7 Å². The molecule has 8 aromatic carbocycles. The summed E-state index contributed by atoms with van der Waals surface area (Å²) in [5.74, 6) is 0. The molecule has 0 bridgehead atoms. The molecule has 0 fully saturated rings. The third kappa shape index (κ3) is 4.76. The van der Waals surface area contributed by atoms with Crippen molar-refractivity contribution in [1.82, 2.24) is 4.57 Å². The SMILES string of the molecule is C1=Cc2cc(-c3cccc(-c4cccc(N5c6ccccc6-c6c(n(-c7cccc8ccccc78)c7ccccc67)-c6ccccc65)c4)c3)ccc2NC1. The Balaban J connectivity index is 1.12. The Bertz CT molecular complexity index is 2960. The molecule has 1 aromatic heterocycles. The smallest absolute Gasteiger partial charge is 0.0641 e. The molecule has 0 saturated heterocycles. The second-order valence-corrected chi connectivity index (χ2v) is 14.2. The Morgan fingerprint density at radius 1 is 0.463 bits per heavy atom. The summed E-state index contributed by atoms with van der Waals surface area (Å²) in [5.41, 5.74) is 17.9. The maximum absolute atomic E-state index is 3.47.